The van der Waals surface area contributed by atoms with Crippen molar-refractivity contribution in [2.45, 2.75) is 18.0 Å². The molecule has 0 radical (unpaired) electrons. The van der Waals surface area contributed by atoms with Crippen molar-refractivity contribution < 1.29 is 30.8 Å². The minimum absolute atomic E-state index is 0.106. The molecule has 0 unspecified atom stereocenters. The third-order valence-corrected chi connectivity index (χ3v) is 4.06. The zero-order valence-corrected chi connectivity index (χ0v) is 13.0. The van der Waals surface area contributed by atoms with Crippen molar-refractivity contribution in [1.29, 1.82) is 0 Å². The molecule has 0 aliphatic carbocycles. The summed E-state index contributed by atoms with van der Waals surface area (Å²) in [4.78, 5) is 15.0. The highest BCUT2D eigenvalue weighted by Crippen LogP contribution is 2.17. The van der Waals surface area contributed by atoms with Gasteiger partial charge in [-0.3, -0.25) is 4.79 Å². The number of alkyl halides is 3. The number of halogens is 3. The third-order valence-electron chi connectivity index (χ3n) is 2.72. The molecule has 2 aromatic rings. The number of benzene rings is 1. The first-order valence-corrected chi connectivity index (χ1v) is 7.95. The van der Waals surface area contributed by atoms with Gasteiger partial charge in [-0.25, -0.2) is 18.1 Å². The molecule has 0 fully saturated rings. The minimum atomic E-state index is -4.53. The first-order chi connectivity index (χ1) is 11.1. The Labute approximate surface area is 134 Å². The minimum Gasteiger partial charge on any atom is -0.428 e. The quantitative estimate of drug-likeness (QED) is 0.847. The molecule has 7 nitrogen and oxygen atoms in total. The Morgan fingerprint density at radius 3 is 2.38 bits per heavy atom. The molecule has 2 N–H and O–H groups in total. The Kier molecular flexibility index (Phi) is 4.83. The number of amides is 1. The van der Waals surface area contributed by atoms with Crippen molar-refractivity contribution in [3.63, 3.8) is 0 Å². The Hall–Kier alpha value is -2.56. The summed E-state index contributed by atoms with van der Waals surface area (Å²) in [5, 5.41) is 1.69. The molecule has 0 bridgehead atoms. The first-order valence-electron chi connectivity index (χ1n) is 6.47. The van der Waals surface area contributed by atoms with E-state index in [1.54, 1.807) is 12.2 Å². The number of aromatic nitrogens is 1. The van der Waals surface area contributed by atoms with E-state index >= 15 is 0 Å². The number of nitrogens with zero attached hydrogens (tertiary/aromatic N) is 1. The van der Waals surface area contributed by atoms with Gasteiger partial charge < -0.3 is 9.73 Å². The molecule has 1 heterocycles. The molecule has 0 aliphatic rings. The summed E-state index contributed by atoms with van der Waals surface area (Å²) in [7, 11) is -4.00. The number of anilines is 1. The Bertz CT molecular complexity index is 829. The maximum atomic E-state index is 12.1. The summed E-state index contributed by atoms with van der Waals surface area (Å²) in [6.45, 7) is 0.107. The van der Waals surface area contributed by atoms with Gasteiger partial charge in [-0.05, 0) is 31.2 Å². The van der Waals surface area contributed by atoms with Crippen molar-refractivity contribution in [1.82, 2.24) is 10.3 Å². The van der Waals surface area contributed by atoms with Crippen molar-refractivity contribution in [3.8, 4) is 0 Å². The summed E-state index contributed by atoms with van der Waals surface area (Å²) in [5.74, 6) is -0.558. The molecular weight excluding hydrogens is 351 g/mol. The number of nitrogens with one attached hydrogen (secondary N) is 2. The number of hydrogen-bond donors (Lipinski definition) is 2. The van der Waals surface area contributed by atoms with Gasteiger partial charge in [0.2, 0.25) is 0 Å². The lowest BCUT2D eigenvalue weighted by Crippen LogP contribution is -2.33. The van der Waals surface area contributed by atoms with Crippen LogP contribution >= 0.6 is 0 Å². The van der Waals surface area contributed by atoms with Gasteiger partial charge in [-0.2, -0.15) is 13.2 Å². The molecule has 1 aromatic heterocycles. The van der Waals surface area contributed by atoms with Crippen LogP contribution in [-0.4, -0.2) is 32.0 Å². The number of oxazole rings is 1. The molecule has 0 atom stereocenters. The second-order valence-electron chi connectivity index (χ2n) is 4.70. The van der Waals surface area contributed by atoms with Crippen LogP contribution in [0.2, 0.25) is 0 Å². The summed E-state index contributed by atoms with van der Waals surface area (Å²) in [6.07, 6.45) is -3.21. The van der Waals surface area contributed by atoms with Crippen LogP contribution in [0, 0.1) is 6.92 Å². The molecule has 2 rings (SSSR count). The van der Waals surface area contributed by atoms with E-state index in [2.05, 4.69) is 9.71 Å². The second kappa shape index (κ2) is 6.51. The van der Waals surface area contributed by atoms with E-state index < -0.39 is 28.7 Å². The summed E-state index contributed by atoms with van der Waals surface area (Å²) in [6, 6.07) is 4.14. The Balaban J connectivity index is 2.09. The van der Waals surface area contributed by atoms with Crippen molar-refractivity contribution in [2.75, 3.05) is 11.3 Å². The molecule has 130 valence electrons. The van der Waals surface area contributed by atoms with E-state index in [4.69, 9.17) is 4.42 Å². The highest BCUT2D eigenvalue weighted by atomic mass is 32.2. The SMILES string of the molecule is Cc1cnc(NS(=O)(=O)c2ccc(C(=O)NCC(F)(F)F)cc2)o1. The van der Waals surface area contributed by atoms with Crippen LogP contribution in [0.4, 0.5) is 19.2 Å². The molecular formula is C13H12F3N3O4S. The fourth-order valence-electron chi connectivity index (χ4n) is 1.64. The van der Waals surface area contributed by atoms with E-state index in [9.17, 15) is 26.4 Å². The molecule has 24 heavy (non-hydrogen) atoms. The fourth-order valence-corrected chi connectivity index (χ4v) is 2.58. The predicted octanol–water partition coefficient (Wildman–Crippen LogP) is 2.08. The van der Waals surface area contributed by atoms with Gasteiger partial charge in [0.25, 0.3) is 15.9 Å². The lowest BCUT2D eigenvalue weighted by Gasteiger charge is -2.09. The van der Waals surface area contributed by atoms with Crippen molar-refractivity contribution in [3.05, 3.63) is 41.8 Å². The van der Waals surface area contributed by atoms with E-state index in [0.717, 1.165) is 24.3 Å². The maximum absolute atomic E-state index is 12.1. The Morgan fingerprint density at radius 2 is 1.88 bits per heavy atom. The third kappa shape index (κ3) is 4.72. The van der Waals surface area contributed by atoms with Crippen LogP contribution in [0.3, 0.4) is 0 Å². The molecule has 0 saturated heterocycles. The van der Waals surface area contributed by atoms with E-state index in [1.165, 1.54) is 6.20 Å². The smallest absolute Gasteiger partial charge is 0.405 e. The highest BCUT2D eigenvalue weighted by Gasteiger charge is 2.28. The number of hydrogen-bond acceptors (Lipinski definition) is 5. The molecule has 11 heteroatoms. The normalized spacial score (nSPS) is 12.0. The zero-order valence-electron chi connectivity index (χ0n) is 12.2. The fraction of sp³-hybridized carbons (Fsp3) is 0.231. The first kappa shape index (κ1) is 17.8. The number of sulfonamides is 1. The van der Waals surface area contributed by atoms with Crippen LogP contribution in [0.1, 0.15) is 16.1 Å². The largest absolute Gasteiger partial charge is 0.428 e. The lowest BCUT2D eigenvalue weighted by molar-refractivity contribution is -0.123. The number of carbonyl (C=O) groups is 1. The van der Waals surface area contributed by atoms with E-state index in [1.807, 2.05) is 0 Å². The van der Waals surface area contributed by atoms with Gasteiger partial charge in [-0.15, -0.1) is 0 Å². The van der Waals surface area contributed by atoms with Crippen LogP contribution in [-0.2, 0) is 10.0 Å². The van der Waals surface area contributed by atoms with Crippen LogP contribution in [0.5, 0.6) is 0 Å². The van der Waals surface area contributed by atoms with Crippen LogP contribution < -0.4 is 10.0 Å². The van der Waals surface area contributed by atoms with Crippen LogP contribution in [0.25, 0.3) is 0 Å². The lowest BCUT2D eigenvalue weighted by atomic mass is 10.2. The average molecular weight is 363 g/mol. The average Bonchev–Trinajstić information content (AvgIpc) is 2.88. The highest BCUT2D eigenvalue weighted by molar-refractivity contribution is 7.92. The Morgan fingerprint density at radius 1 is 1.25 bits per heavy atom. The van der Waals surface area contributed by atoms with Gasteiger partial charge in [0, 0.05) is 5.56 Å². The molecule has 0 spiro atoms. The van der Waals surface area contributed by atoms with Gasteiger partial charge >= 0.3 is 12.2 Å². The standard InChI is InChI=1S/C13H12F3N3O4S/c1-8-6-17-12(23-8)19-24(21,22)10-4-2-9(3-5-10)11(20)18-7-13(14,15)16/h2-6H,7H2,1H3,(H,17,19)(H,18,20). The van der Waals surface area contributed by atoms with Crippen LogP contribution in [0.15, 0.2) is 39.8 Å². The molecule has 0 aliphatic heterocycles. The number of carbonyl (C=O) groups excluding carboxylic acids is 1. The number of rotatable bonds is 5. The van der Waals surface area contributed by atoms with Gasteiger partial charge in [0.05, 0.1) is 11.1 Å². The summed E-state index contributed by atoms with van der Waals surface area (Å²) in [5.41, 5.74) is -0.106. The molecule has 1 amide bonds. The second-order valence-corrected chi connectivity index (χ2v) is 6.39. The predicted molar refractivity (Wildman–Crippen MR) is 76.9 cm³/mol. The zero-order chi connectivity index (χ0) is 18.0. The van der Waals surface area contributed by atoms with Gasteiger partial charge in [-0.1, -0.05) is 0 Å². The maximum Gasteiger partial charge on any atom is 0.405 e. The van der Waals surface area contributed by atoms with Gasteiger partial charge in [0.15, 0.2) is 0 Å². The van der Waals surface area contributed by atoms with Gasteiger partial charge in [0.1, 0.15) is 12.3 Å². The van der Waals surface area contributed by atoms with Crippen molar-refractivity contribution >= 4 is 21.9 Å². The van der Waals surface area contributed by atoms with Crippen molar-refractivity contribution in [2.24, 2.45) is 0 Å². The van der Waals surface area contributed by atoms with E-state index in [0.29, 0.717) is 5.76 Å². The number of aryl methyl sites for hydroxylation is 1. The summed E-state index contributed by atoms with van der Waals surface area (Å²) >= 11 is 0. The molecule has 1 aromatic carbocycles. The monoisotopic (exact) mass is 363 g/mol. The summed E-state index contributed by atoms with van der Waals surface area (Å²) < 4.78 is 67.4. The molecule has 0 saturated carbocycles. The topological polar surface area (TPSA) is 101 Å². The van der Waals surface area contributed by atoms with E-state index in [-0.39, 0.29) is 16.5 Å².